The van der Waals surface area contributed by atoms with Gasteiger partial charge in [-0.25, -0.2) is 0 Å². The number of carbonyl (C=O) groups is 2. The Morgan fingerprint density at radius 2 is 1.96 bits per heavy atom. The number of nitrogens with one attached hydrogen (secondary N) is 1. The molecule has 2 heterocycles. The van der Waals surface area contributed by atoms with E-state index in [1.165, 1.54) is 6.92 Å². The van der Waals surface area contributed by atoms with Crippen molar-refractivity contribution >= 4 is 17.6 Å². The molecular formula is C18H27N5O2. The van der Waals surface area contributed by atoms with E-state index in [4.69, 9.17) is 0 Å². The van der Waals surface area contributed by atoms with Crippen molar-refractivity contribution in [3.8, 4) is 0 Å². The summed E-state index contributed by atoms with van der Waals surface area (Å²) >= 11 is 0. The molecule has 7 heteroatoms. The van der Waals surface area contributed by atoms with Crippen molar-refractivity contribution in [2.24, 2.45) is 5.92 Å². The molecule has 0 radical (unpaired) electrons. The lowest BCUT2D eigenvalue weighted by Crippen LogP contribution is -2.52. The van der Waals surface area contributed by atoms with Gasteiger partial charge in [-0.15, -0.1) is 5.10 Å². The number of hydrogen-bond acceptors (Lipinski definition) is 5. The molecule has 0 bridgehead atoms. The molecule has 2 amide bonds. The van der Waals surface area contributed by atoms with Gasteiger partial charge in [0.15, 0.2) is 5.82 Å². The molecule has 0 unspecified atom stereocenters. The van der Waals surface area contributed by atoms with E-state index in [2.05, 4.69) is 20.4 Å². The number of nitrogens with zero attached hydrogens (tertiary/aromatic N) is 4. The van der Waals surface area contributed by atoms with Gasteiger partial charge in [-0.1, -0.05) is 12.8 Å². The fraction of sp³-hybridized carbons (Fsp3) is 0.667. The van der Waals surface area contributed by atoms with E-state index in [0.717, 1.165) is 57.6 Å². The lowest BCUT2D eigenvalue weighted by Gasteiger charge is -2.30. The third kappa shape index (κ3) is 4.46. The minimum Gasteiger partial charge on any atom is -0.353 e. The Hall–Kier alpha value is -2.18. The van der Waals surface area contributed by atoms with Gasteiger partial charge in [-0.3, -0.25) is 9.59 Å². The predicted octanol–water partition coefficient (Wildman–Crippen LogP) is 1.21. The molecule has 1 saturated heterocycles. The number of hydrogen-bond donors (Lipinski definition) is 1. The van der Waals surface area contributed by atoms with E-state index in [9.17, 15) is 9.59 Å². The van der Waals surface area contributed by atoms with Gasteiger partial charge in [0.05, 0.1) is 0 Å². The number of anilines is 1. The van der Waals surface area contributed by atoms with Crippen LogP contribution in [0.25, 0.3) is 0 Å². The molecule has 2 aliphatic rings. The normalized spacial score (nSPS) is 20.2. The molecule has 0 aromatic carbocycles. The fourth-order valence-corrected chi connectivity index (χ4v) is 3.92. The fourth-order valence-electron chi connectivity index (χ4n) is 3.92. The van der Waals surface area contributed by atoms with E-state index < -0.39 is 0 Å². The van der Waals surface area contributed by atoms with E-state index in [1.807, 2.05) is 17.0 Å². The Bertz CT molecular complexity index is 588. The molecule has 1 N–H and O–H groups in total. The Kier molecular flexibility index (Phi) is 5.83. The summed E-state index contributed by atoms with van der Waals surface area (Å²) < 4.78 is 0. The maximum atomic E-state index is 13.1. The van der Waals surface area contributed by atoms with Crippen LogP contribution >= 0.6 is 0 Å². The van der Waals surface area contributed by atoms with Gasteiger partial charge in [-0.2, -0.15) is 5.10 Å². The van der Waals surface area contributed by atoms with Crippen LogP contribution in [0.5, 0.6) is 0 Å². The van der Waals surface area contributed by atoms with Crippen molar-refractivity contribution in [3.63, 3.8) is 0 Å². The first-order chi connectivity index (χ1) is 12.1. The third-order valence-electron chi connectivity index (χ3n) is 5.19. The van der Waals surface area contributed by atoms with Crippen molar-refractivity contribution in [2.45, 2.75) is 45.1 Å². The van der Waals surface area contributed by atoms with E-state index in [0.29, 0.717) is 6.54 Å². The Morgan fingerprint density at radius 3 is 2.64 bits per heavy atom. The number of carbonyl (C=O) groups excluding carboxylic acids is 2. The van der Waals surface area contributed by atoms with Crippen molar-refractivity contribution in [1.29, 1.82) is 0 Å². The largest absolute Gasteiger partial charge is 0.353 e. The van der Waals surface area contributed by atoms with Crippen LogP contribution in [0.4, 0.5) is 5.82 Å². The van der Waals surface area contributed by atoms with Crippen LogP contribution in [0.3, 0.4) is 0 Å². The minimum absolute atomic E-state index is 0.0723. The first-order valence-electron chi connectivity index (χ1n) is 9.23. The average molecular weight is 345 g/mol. The first-order valence-corrected chi connectivity index (χ1v) is 9.23. The third-order valence-corrected chi connectivity index (χ3v) is 5.19. The minimum atomic E-state index is -0.372. The molecule has 1 atom stereocenters. The molecule has 25 heavy (non-hydrogen) atoms. The molecular weight excluding hydrogens is 318 g/mol. The van der Waals surface area contributed by atoms with E-state index in [-0.39, 0.29) is 23.8 Å². The lowest BCUT2D eigenvalue weighted by atomic mass is 9.96. The zero-order valence-electron chi connectivity index (χ0n) is 14.9. The molecule has 1 saturated carbocycles. The Morgan fingerprint density at radius 1 is 1.16 bits per heavy atom. The highest BCUT2D eigenvalue weighted by atomic mass is 16.2. The second-order valence-electron chi connectivity index (χ2n) is 6.97. The topological polar surface area (TPSA) is 78.4 Å². The van der Waals surface area contributed by atoms with Crippen LogP contribution in [-0.2, 0) is 9.59 Å². The van der Waals surface area contributed by atoms with Crippen LogP contribution in [0.15, 0.2) is 18.3 Å². The second kappa shape index (κ2) is 8.27. The van der Waals surface area contributed by atoms with Gasteiger partial charge in [0.25, 0.3) is 0 Å². The Labute approximate surface area is 148 Å². The molecule has 0 spiro atoms. The molecule has 3 rings (SSSR count). The van der Waals surface area contributed by atoms with Crippen molar-refractivity contribution in [2.75, 3.05) is 31.1 Å². The summed E-state index contributed by atoms with van der Waals surface area (Å²) in [6.07, 6.45) is 6.89. The molecule has 1 aromatic heterocycles. The second-order valence-corrected chi connectivity index (χ2v) is 6.97. The lowest BCUT2D eigenvalue weighted by molar-refractivity contribution is -0.137. The monoisotopic (exact) mass is 345 g/mol. The van der Waals surface area contributed by atoms with Gasteiger partial charge in [-0.05, 0) is 37.3 Å². The van der Waals surface area contributed by atoms with Gasteiger partial charge >= 0.3 is 0 Å². The molecule has 1 aliphatic carbocycles. The van der Waals surface area contributed by atoms with Crippen molar-refractivity contribution in [3.05, 3.63) is 18.3 Å². The zero-order chi connectivity index (χ0) is 17.6. The predicted molar refractivity (Wildman–Crippen MR) is 95.0 cm³/mol. The molecule has 7 nitrogen and oxygen atoms in total. The van der Waals surface area contributed by atoms with Crippen molar-refractivity contribution < 1.29 is 9.59 Å². The van der Waals surface area contributed by atoms with Gasteiger partial charge in [0.2, 0.25) is 11.8 Å². The molecule has 1 aliphatic heterocycles. The number of rotatable bonds is 4. The first kappa shape index (κ1) is 17.6. The summed E-state index contributed by atoms with van der Waals surface area (Å²) in [5.41, 5.74) is 0. The van der Waals surface area contributed by atoms with E-state index >= 15 is 0 Å². The summed E-state index contributed by atoms with van der Waals surface area (Å²) in [5.74, 6) is 1.08. The maximum absolute atomic E-state index is 13.1. The average Bonchev–Trinajstić information content (AvgIpc) is 3.03. The summed E-state index contributed by atoms with van der Waals surface area (Å²) in [6, 6.07) is 3.45. The van der Waals surface area contributed by atoms with Crippen LogP contribution < -0.4 is 10.2 Å². The highest BCUT2D eigenvalue weighted by Gasteiger charge is 2.34. The summed E-state index contributed by atoms with van der Waals surface area (Å²) in [6.45, 7) is 4.46. The highest BCUT2D eigenvalue weighted by Crippen LogP contribution is 2.29. The van der Waals surface area contributed by atoms with Gasteiger partial charge < -0.3 is 15.1 Å². The van der Waals surface area contributed by atoms with Crippen molar-refractivity contribution in [1.82, 2.24) is 20.4 Å². The standard InChI is InChI=1S/C18H27N5O2/c1-14(24)20-17(15-6-2-3-7-15)18(25)23-11-5-10-22(12-13-23)16-8-4-9-19-21-16/h4,8-9,15,17H,2-3,5-7,10-13H2,1H3,(H,20,24)/t17-/m1/s1. The highest BCUT2D eigenvalue weighted by molar-refractivity contribution is 5.87. The van der Waals surface area contributed by atoms with Gasteiger partial charge in [0, 0.05) is 39.3 Å². The smallest absolute Gasteiger partial charge is 0.245 e. The zero-order valence-corrected chi connectivity index (χ0v) is 14.9. The van der Waals surface area contributed by atoms with Crippen LogP contribution in [-0.4, -0.2) is 59.1 Å². The number of amides is 2. The van der Waals surface area contributed by atoms with Gasteiger partial charge in [0.1, 0.15) is 6.04 Å². The van der Waals surface area contributed by atoms with Crippen LogP contribution in [0.2, 0.25) is 0 Å². The SMILES string of the molecule is CC(=O)N[C@@H](C(=O)N1CCCN(c2cccnn2)CC1)C1CCCC1. The summed E-state index contributed by atoms with van der Waals surface area (Å²) in [5, 5.41) is 11.0. The molecule has 1 aromatic rings. The molecule has 136 valence electrons. The van der Waals surface area contributed by atoms with Crippen LogP contribution in [0.1, 0.15) is 39.0 Å². The number of aromatic nitrogens is 2. The maximum Gasteiger partial charge on any atom is 0.245 e. The summed E-state index contributed by atoms with van der Waals surface area (Å²) in [7, 11) is 0. The Balaban J connectivity index is 1.65. The van der Waals surface area contributed by atoms with E-state index in [1.54, 1.807) is 6.20 Å². The quantitative estimate of drug-likeness (QED) is 0.887. The van der Waals surface area contributed by atoms with Crippen LogP contribution in [0, 0.1) is 5.92 Å². The summed E-state index contributed by atoms with van der Waals surface area (Å²) in [4.78, 5) is 28.8. The molecule has 2 fully saturated rings.